The van der Waals surface area contributed by atoms with E-state index >= 15 is 0 Å². The fraction of sp³-hybridized carbons (Fsp3) is 0.294. The number of nitrogens with one attached hydrogen (secondary N) is 2. The summed E-state index contributed by atoms with van der Waals surface area (Å²) in [7, 11) is 0. The Morgan fingerprint density at radius 2 is 1.86 bits per heavy atom. The number of hydrogen-bond donors (Lipinski definition) is 2. The third kappa shape index (κ3) is 4.31. The van der Waals surface area contributed by atoms with Crippen LogP contribution in [-0.2, 0) is 0 Å². The van der Waals surface area contributed by atoms with Crippen LogP contribution < -0.4 is 10.6 Å². The topological polar surface area (TPSA) is 54.0 Å². The quantitative estimate of drug-likeness (QED) is 0.878. The lowest BCUT2D eigenvalue weighted by Crippen LogP contribution is -2.13. The van der Waals surface area contributed by atoms with Crippen LogP contribution in [0.2, 0.25) is 0 Å². The first kappa shape index (κ1) is 15.0. The number of aryl methyl sites for hydroxylation is 2. The predicted molar refractivity (Wildman–Crippen MR) is 86.9 cm³/mol. The van der Waals surface area contributed by atoms with E-state index in [1.54, 1.807) is 12.3 Å². The molecule has 0 aliphatic heterocycles. The molecule has 0 unspecified atom stereocenters. The molecule has 1 heterocycles. The smallest absolute Gasteiger partial charge is 0.257 e. The summed E-state index contributed by atoms with van der Waals surface area (Å²) >= 11 is 0. The lowest BCUT2D eigenvalue weighted by atomic mass is 10.1. The van der Waals surface area contributed by atoms with E-state index in [0.717, 1.165) is 35.6 Å². The zero-order valence-electron chi connectivity index (χ0n) is 12.7. The van der Waals surface area contributed by atoms with Crippen molar-refractivity contribution in [2.45, 2.75) is 27.2 Å². The first-order valence-corrected chi connectivity index (χ1v) is 7.18. The van der Waals surface area contributed by atoms with Crippen LogP contribution in [0.4, 0.5) is 11.5 Å². The van der Waals surface area contributed by atoms with Crippen LogP contribution in [-0.4, -0.2) is 17.4 Å². The number of anilines is 2. The molecule has 0 aliphatic rings. The summed E-state index contributed by atoms with van der Waals surface area (Å²) in [6, 6.07) is 9.59. The summed E-state index contributed by atoms with van der Waals surface area (Å²) < 4.78 is 0. The molecule has 1 aromatic heterocycles. The maximum Gasteiger partial charge on any atom is 0.257 e. The molecule has 110 valence electrons. The van der Waals surface area contributed by atoms with Crippen LogP contribution in [0, 0.1) is 13.8 Å². The molecule has 0 saturated heterocycles. The molecule has 4 heteroatoms. The lowest BCUT2D eigenvalue weighted by Gasteiger charge is -2.08. The third-order valence-electron chi connectivity index (χ3n) is 3.06. The van der Waals surface area contributed by atoms with Crippen molar-refractivity contribution in [3.63, 3.8) is 0 Å². The third-order valence-corrected chi connectivity index (χ3v) is 3.06. The Kier molecular flexibility index (Phi) is 4.93. The van der Waals surface area contributed by atoms with E-state index in [-0.39, 0.29) is 5.91 Å². The molecule has 2 N–H and O–H groups in total. The monoisotopic (exact) mass is 283 g/mol. The van der Waals surface area contributed by atoms with E-state index in [1.807, 2.05) is 32.0 Å². The number of hydrogen-bond acceptors (Lipinski definition) is 3. The van der Waals surface area contributed by atoms with Gasteiger partial charge in [-0.25, -0.2) is 4.98 Å². The molecule has 1 aromatic carbocycles. The molecular formula is C17H21N3O. The number of rotatable bonds is 5. The predicted octanol–water partition coefficient (Wildman–Crippen LogP) is 3.77. The van der Waals surface area contributed by atoms with Crippen molar-refractivity contribution < 1.29 is 4.79 Å². The Balaban J connectivity index is 2.06. The van der Waals surface area contributed by atoms with Crippen molar-refractivity contribution in [2.24, 2.45) is 0 Å². The van der Waals surface area contributed by atoms with Gasteiger partial charge in [0, 0.05) is 18.4 Å². The van der Waals surface area contributed by atoms with Crippen LogP contribution in [0.1, 0.15) is 34.8 Å². The molecule has 2 aromatic rings. The summed E-state index contributed by atoms with van der Waals surface area (Å²) in [6.07, 6.45) is 2.63. The molecule has 2 rings (SSSR count). The Hall–Kier alpha value is -2.36. The Morgan fingerprint density at radius 1 is 1.14 bits per heavy atom. The van der Waals surface area contributed by atoms with Crippen molar-refractivity contribution in [3.8, 4) is 0 Å². The molecular weight excluding hydrogens is 262 g/mol. The van der Waals surface area contributed by atoms with Gasteiger partial charge in [0.2, 0.25) is 0 Å². The Bertz CT molecular complexity index is 600. The van der Waals surface area contributed by atoms with Gasteiger partial charge in [-0.3, -0.25) is 4.79 Å². The second-order valence-corrected chi connectivity index (χ2v) is 5.19. The number of nitrogens with zero attached hydrogens (tertiary/aromatic N) is 1. The van der Waals surface area contributed by atoms with E-state index < -0.39 is 0 Å². The highest BCUT2D eigenvalue weighted by atomic mass is 16.1. The SMILES string of the molecule is CCCNc1ccc(C(=O)Nc2cc(C)cc(C)c2)cn1. The van der Waals surface area contributed by atoms with Gasteiger partial charge in [0.05, 0.1) is 5.56 Å². The molecule has 0 saturated carbocycles. The van der Waals surface area contributed by atoms with Gasteiger partial charge in [-0.2, -0.15) is 0 Å². The van der Waals surface area contributed by atoms with Crippen LogP contribution in [0.25, 0.3) is 0 Å². The maximum absolute atomic E-state index is 12.2. The average molecular weight is 283 g/mol. The largest absolute Gasteiger partial charge is 0.370 e. The number of amides is 1. The molecule has 0 radical (unpaired) electrons. The van der Waals surface area contributed by atoms with E-state index in [4.69, 9.17) is 0 Å². The molecule has 0 bridgehead atoms. The Morgan fingerprint density at radius 3 is 2.43 bits per heavy atom. The number of carbonyl (C=O) groups is 1. The van der Waals surface area contributed by atoms with Gasteiger partial charge >= 0.3 is 0 Å². The molecule has 0 spiro atoms. The zero-order valence-corrected chi connectivity index (χ0v) is 12.7. The minimum absolute atomic E-state index is 0.144. The number of aromatic nitrogens is 1. The normalized spacial score (nSPS) is 10.2. The average Bonchev–Trinajstić information content (AvgIpc) is 2.44. The molecule has 0 fully saturated rings. The fourth-order valence-corrected chi connectivity index (χ4v) is 2.14. The minimum Gasteiger partial charge on any atom is -0.370 e. The van der Waals surface area contributed by atoms with Gasteiger partial charge in [0.25, 0.3) is 5.91 Å². The fourth-order valence-electron chi connectivity index (χ4n) is 2.14. The highest BCUT2D eigenvalue weighted by Gasteiger charge is 2.07. The van der Waals surface area contributed by atoms with Gasteiger partial charge in [0.1, 0.15) is 5.82 Å². The van der Waals surface area contributed by atoms with Gasteiger partial charge in [-0.1, -0.05) is 13.0 Å². The minimum atomic E-state index is -0.144. The first-order chi connectivity index (χ1) is 10.1. The molecule has 0 atom stereocenters. The summed E-state index contributed by atoms with van der Waals surface area (Å²) in [5.74, 6) is 0.648. The van der Waals surface area contributed by atoms with Crippen molar-refractivity contribution in [1.29, 1.82) is 0 Å². The number of carbonyl (C=O) groups excluding carboxylic acids is 1. The number of pyridine rings is 1. The lowest BCUT2D eigenvalue weighted by molar-refractivity contribution is 0.102. The summed E-state index contributed by atoms with van der Waals surface area (Å²) in [4.78, 5) is 16.4. The van der Waals surface area contributed by atoms with Crippen molar-refractivity contribution in [1.82, 2.24) is 4.98 Å². The second kappa shape index (κ2) is 6.88. The van der Waals surface area contributed by atoms with Gasteiger partial charge in [-0.05, 0) is 55.7 Å². The van der Waals surface area contributed by atoms with E-state index in [2.05, 4.69) is 28.6 Å². The Labute approximate surface area is 125 Å². The standard InChI is InChI=1S/C17H21N3O/c1-4-7-18-16-6-5-14(11-19-16)17(21)20-15-9-12(2)8-13(3)10-15/h5-6,8-11H,4,7H2,1-3H3,(H,18,19)(H,20,21). The van der Waals surface area contributed by atoms with Crippen LogP contribution in [0.15, 0.2) is 36.5 Å². The summed E-state index contributed by atoms with van der Waals surface area (Å²) in [5, 5.41) is 6.09. The van der Waals surface area contributed by atoms with Crippen molar-refractivity contribution in [2.75, 3.05) is 17.2 Å². The summed E-state index contributed by atoms with van der Waals surface area (Å²) in [5.41, 5.74) is 3.62. The van der Waals surface area contributed by atoms with Crippen molar-refractivity contribution in [3.05, 3.63) is 53.2 Å². The zero-order chi connectivity index (χ0) is 15.2. The van der Waals surface area contributed by atoms with E-state index in [1.165, 1.54) is 0 Å². The van der Waals surface area contributed by atoms with Gasteiger partial charge < -0.3 is 10.6 Å². The molecule has 1 amide bonds. The van der Waals surface area contributed by atoms with Crippen LogP contribution >= 0.6 is 0 Å². The van der Waals surface area contributed by atoms with Crippen molar-refractivity contribution >= 4 is 17.4 Å². The van der Waals surface area contributed by atoms with Gasteiger partial charge in [0.15, 0.2) is 0 Å². The van der Waals surface area contributed by atoms with E-state index in [9.17, 15) is 4.79 Å². The molecule has 4 nitrogen and oxygen atoms in total. The van der Waals surface area contributed by atoms with Gasteiger partial charge in [-0.15, -0.1) is 0 Å². The highest BCUT2D eigenvalue weighted by molar-refractivity contribution is 6.04. The highest BCUT2D eigenvalue weighted by Crippen LogP contribution is 2.15. The molecule has 21 heavy (non-hydrogen) atoms. The first-order valence-electron chi connectivity index (χ1n) is 7.18. The summed E-state index contributed by atoms with van der Waals surface area (Å²) in [6.45, 7) is 7.00. The van der Waals surface area contributed by atoms with E-state index in [0.29, 0.717) is 5.56 Å². The number of benzene rings is 1. The van der Waals surface area contributed by atoms with Crippen LogP contribution in [0.5, 0.6) is 0 Å². The molecule has 0 aliphatic carbocycles. The van der Waals surface area contributed by atoms with Crippen LogP contribution in [0.3, 0.4) is 0 Å². The maximum atomic E-state index is 12.2. The second-order valence-electron chi connectivity index (χ2n) is 5.19.